The third kappa shape index (κ3) is 3.79. The van der Waals surface area contributed by atoms with Gasteiger partial charge in [-0.15, -0.1) is 0 Å². The van der Waals surface area contributed by atoms with Crippen molar-refractivity contribution in [3.63, 3.8) is 0 Å². The molecule has 0 aromatic carbocycles. The van der Waals surface area contributed by atoms with Gasteiger partial charge in [-0.25, -0.2) is 0 Å². The number of fused-ring (bicyclic) bond motifs is 5. The van der Waals surface area contributed by atoms with Crippen molar-refractivity contribution in [2.24, 2.45) is 58.2 Å². The molecule has 0 amide bonds. The van der Waals surface area contributed by atoms with Gasteiger partial charge >= 0.3 is 0 Å². The van der Waals surface area contributed by atoms with Gasteiger partial charge in [-0.05, 0) is 128 Å². The van der Waals surface area contributed by atoms with Gasteiger partial charge in [-0.3, -0.25) is 0 Å². The largest absolute Gasteiger partial charge is 0.516 e. The molecule has 0 aromatic rings. The molecule has 0 aromatic heterocycles. The molecule has 0 aliphatic heterocycles. The van der Waals surface area contributed by atoms with Gasteiger partial charge in [0.05, 0.1) is 6.26 Å². The summed E-state index contributed by atoms with van der Waals surface area (Å²) in [4.78, 5) is 0. The van der Waals surface area contributed by atoms with Gasteiger partial charge in [-0.2, -0.15) is 0 Å². The quantitative estimate of drug-likeness (QED) is 0.430. The maximum absolute atomic E-state index is 9.29. The third-order valence-corrected chi connectivity index (χ3v) is 11.5. The second kappa shape index (κ2) is 8.82. The summed E-state index contributed by atoms with van der Waals surface area (Å²) < 4.78 is 0. The fraction of sp³-hybridized carbons (Fsp3) is 0.931. The second-order valence-electron chi connectivity index (χ2n) is 12.9. The monoisotopic (exact) mass is 414 g/mol. The van der Waals surface area contributed by atoms with E-state index in [1.807, 2.05) is 6.08 Å². The highest BCUT2D eigenvalue weighted by atomic mass is 16.2. The molecule has 4 aliphatic rings. The fourth-order valence-electron chi connectivity index (χ4n) is 9.69. The first kappa shape index (κ1) is 22.7. The Hall–Kier alpha value is -0.460. The average molecular weight is 415 g/mol. The molecule has 4 rings (SSSR count). The molecular formula is C29H50O. The molecule has 9 atom stereocenters. The minimum Gasteiger partial charge on any atom is -0.516 e. The molecule has 0 bridgehead atoms. The normalized spacial score (nSPS) is 45.7. The molecule has 1 N–H and O–H groups in total. The van der Waals surface area contributed by atoms with Crippen molar-refractivity contribution in [2.75, 3.05) is 0 Å². The van der Waals surface area contributed by atoms with E-state index in [4.69, 9.17) is 0 Å². The van der Waals surface area contributed by atoms with E-state index >= 15 is 0 Å². The summed E-state index contributed by atoms with van der Waals surface area (Å²) in [5, 5.41) is 9.29. The molecule has 1 nitrogen and oxygen atoms in total. The van der Waals surface area contributed by atoms with Crippen LogP contribution in [-0.4, -0.2) is 5.11 Å². The predicted octanol–water partition coefficient (Wildman–Crippen LogP) is 8.80. The summed E-state index contributed by atoms with van der Waals surface area (Å²) >= 11 is 0. The van der Waals surface area contributed by atoms with Crippen LogP contribution >= 0.6 is 0 Å². The van der Waals surface area contributed by atoms with Gasteiger partial charge in [-0.1, -0.05) is 47.5 Å². The molecule has 4 aliphatic carbocycles. The smallest absolute Gasteiger partial charge is 0.0754 e. The zero-order chi connectivity index (χ0) is 21.5. The Morgan fingerprint density at radius 3 is 2.33 bits per heavy atom. The van der Waals surface area contributed by atoms with Crippen LogP contribution in [0, 0.1) is 58.2 Å². The Morgan fingerprint density at radius 2 is 1.60 bits per heavy atom. The van der Waals surface area contributed by atoms with Crippen LogP contribution in [0.15, 0.2) is 12.3 Å². The average Bonchev–Trinajstić information content (AvgIpc) is 3.07. The van der Waals surface area contributed by atoms with E-state index in [0.29, 0.717) is 22.7 Å². The van der Waals surface area contributed by atoms with Gasteiger partial charge in [0.25, 0.3) is 0 Å². The lowest BCUT2D eigenvalue weighted by atomic mass is 9.44. The lowest BCUT2D eigenvalue weighted by molar-refractivity contribution is -0.114. The van der Waals surface area contributed by atoms with Crippen LogP contribution in [0.2, 0.25) is 0 Å². The lowest BCUT2D eigenvalue weighted by Gasteiger charge is -2.61. The summed E-state index contributed by atoms with van der Waals surface area (Å²) in [7, 11) is 0. The standard InChI is InChI=1S/C29H50O/c1-20(2)22(16-19-30)10-9-21(3)25-13-14-26-24-12-11-23-8-6-7-17-28(23,4)27(24)15-18-29(25,26)5/h16,19-27,30H,6-15,17-18H2,1-5H3/t21-,22+,23?,24+,25-,26+,27+,28+,29-/m1/s1. The zero-order valence-corrected chi connectivity index (χ0v) is 20.7. The van der Waals surface area contributed by atoms with Crippen molar-refractivity contribution >= 4 is 0 Å². The summed E-state index contributed by atoms with van der Waals surface area (Å²) in [5.74, 6) is 7.00. The van der Waals surface area contributed by atoms with Crippen molar-refractivity contribution in [1.82, 2.24) is 0 Å². The van der Waals surface area contributed by atoms with Crippen molar-refractivity contribution < 1.29 is 5.11 Å². The first-order chi connectivity index (χ1) is 14.3. The Labute approximate surface area is 187 Å². The van der Waals surface area contributed by atoms with Crippen LogP contribution in [0.25, 0.3) is 0 Å². The first-order valence-electron chi connectivity index (χ1n) is 13.6. The minimum absolute atomic E-state index is 0.528. The maximum Gasteiger partial charge on any atom is 0.0754 e. The van der Waals surface area contributed by atoms with Crippen LogP contribution in [0.3, 0.4) is 0 Å². The summed E-state index contributed by atoms with van der Waals surface area (Å²) in [5.41, 5.74) is 1.27. The Morgan fingerprint density at radius 1 is 0.833 bits per heavy atom. The lowest BCUT2D eigenvalue weighted by Crippen LogP contribution is -2.53. The molecule has 1 heteroatoms. The Kier molecular flexibility index (Phi) is 6.68. The van der Waals surface area contributed by atoms with Crippen molar-refractivity contribution in [3.05, 3.63) is 12.3 Å². The fourth-order valence-corrected chi connectivity index (χ4v) is 9.69. The number of aliphatic hydroxyl groups is 1. The van der Waals surface area contributed by atoms with E-state index in [1.165, 1.54) is 76.9 Å². The molecule has 30 heavy (non-hydrogen) atoms. The second-order valence-corrected chi connectivity index (χ2v) is 12.9. The van der Waals surface area contributed by atoms with Crippen molar-refractivity contribution in [1.29, 1.82) is 0 Å². The van der Waals surface area contributed by atoms with E-state index in [-0.39, 0.29) is 0 Å². The van der Waals surface area contributed by atoms with E-state index in [2.05, 4.69) is 34.6 Å². The molecule has 0 heterocycles. The first-order valence-corrected chi connectivity index (χ1v) is 13.6. The highest BCUT2D eigenvalue weighted by molar-refractivity contribution is 5.09. The van der Waals surface area contributed by atoms with Crippen molar-refractivity contribution in [3.8, 4) is 0 Å². The Bertz CT molecular complexity index is 607. The van der Waals surface area contributed by atoms with Gasteiger partial charge < -0.3 is 5.11 Å². The topological polar surface area (TPSA) is 20.2 Å². The van der Waals surface area contributed by atoms with E-state index in [0.717, 1.165) is 35.5 Å². The number of hydrogen-bond acceptors (Lipinski definition) is 1. The molecule has 172 valence electrons. The van der Waals surface area contributed by atoms with Crippen molar-refractivity contribution in [2.45, 2.75) is 112 Å². The van der Waals surface area contributed by atoms with E-state index < -0.39 is 0 Å². The van der Waals surface area contributed by atoms with E-state index in [9.17, 15) is 5.11 Å². The van der Waals surface area contributed by atoms with Gasteiger partial charge in [0.1, 0.15) is 0 Å². The molecule has 0 saturated heterocycles. The summed E-state index contributed by atoms with van der Waals surface area (Å²) in [6.45, 7) is 12.6. The van der Waals surface area contributed by atoms with Crippen LogP contribution in [0.4, 0.5) is 0 Å². The number of rotatable bonds is 6. The molecule has 1 unspecified atom stereocenters. The maximum atomic E-state index is 9.29. The zero-order valence-electron chi connectivity index (χ0n) is 20.7. The number of allylic oxidation sites excluding steroid dienone is 1. The van der Waals surface area contributed by atoms with Gasteiger partial charge in [0.15, 0.2) is 0 Å². The van der Waals surface area contributed by atoms with Gasteiger partial charge in [0, 0.05) is 0 Å². The molecule has 0 radical (unpaired) electrons. The molecule has 4 saturated carbocycles. The summed E-state index contributed by atoms with van der Waals surface area (Å²) in [6, 6.07) is 0. The number of hydrogen-bond donors (Lipinski definition) is 1. The van der Waals surface area contributed by atoms with Crippen LogP contribution in [0.1, 0.15) is 112 Å². The molecule has 0 spiro atoms. The number of aliphatic hydroxyl groups excluding tert-OH is 1. The predicted molar refractivity (Wildman–Crippen MR) is 128 cm³/mol. The van der Waals surface area contributed by atoms with Crippen LogP contribution in [-0.2, 0) is 0 Å². The van der Waals surface area contributed by atoms with Gasteiger partial charge in [0.2, 0.25) is 0 Å². The Balaban J connectivity index is 1.44. The highest BCUT2D eigenvalue weighted by Crippen LogP contribution is 2.68. The molecule has 4 fully saturated rings. The minimum atomic E-state index is 0.528. The molecular weight excluding hydrogens is 364 g/mol. The highest BCUT2D eigenvalue weighted by Gasteiger charge is 2.60. The summed E-state index contributed by atoms with van der Waals surface area (Å²) in [6.07, 6.45) is 21.0. The van der Waals surface area contributed by atoms with Crippen LogP contribution in [0.5, 0.6) is 0 Å². The van der Waals surface area contributed by atoms with Crippen LogP contribution < -0.4 is 0 Å². The SMILES string of the molecule is CC(C)[C@H](C=CO)CC[C@@H](C)[C@H]1CC[C@H]2[C@@H]3CCC4CCCC[C@]4(C)[C@H]3CC[C@]12C. The van der Waals surface area contributed by atoms with E-state index in [1.54, 1.807) is 6.42 Å². The third-order valence-electron chi connectivity index (χ3n) is 11.5.